The highest BCUT2D eigenvalue weighted by atomic mass is 127. The first-order valence-electron chi connectivity index (χ1n) is 15.4. The van der Waals surface area contributed by atoms with Crippen LogP contribution in [0.1, 0.15) is 53.2 Å². The van der Waals surface area contributed by atoms with Crippen LogP contribution in [-0.4, -0.2) is 43.9 Å². The van der Waals surface area contributed by atoms with Gasteiger partial charge >= 0.3 is 14.2 Å². The summed E-state index contributed by atoms with van der Waals surface area (Å²) in [7, 11) is -1.29. The smallest absolute Gasteiger partial charge is 0.457 e. The second-order valence-corrected chi connectivity index (χ2v) is 12.9. The zero-order valence-electron chi connectivity index (χ0n) is 27.5. The van der Waals surface area contributed by atoms with Crippen LogP contribution >= 0.6 is 47.2 Å². The molecule has 0 unspecified atom stereocenters. The highest BCUT2D eigenvalue weighted by molar-refractivity contribution is 14.0. The van der Waals surface area contributed by atoms with Crippen molar-refractivity contribution in [3.63, 3.8) is 0 Å². The third kappa shape index (κ3) is 10.8. The van der Waals surface area contributed by atoms with Crippen molar-refractivity contribution in [2.45, 2.75) is 66.5 Å². The minimum atomic E-state index is -0.815. The molecule has 0 aromatic heterocycles. The van der Waals surface area contributed by atoms with E-state index in [1.54, 1.807) is 36.4 Å². The van der Waals surface area contributed by atoms with Crippen LogP contribution < -0.4 is 20.4 Å². The van der Waals surface area contributed by atoms with E-state index in [4.69, 9.17) is 56.1 Å². The van der Waals surface area contributed by atoms with Gasteiger partial charge in [-0.05, 0) is 129 Å². The Labute approximate surface area is 317 Å². The van der Waals surface area contributed by atoms with Gasteiger partial charge in [0, 0.05) is 16.7 Å². The van der Waals surface area contributed by atoms with Gasteiger partial charge in [-0.3, -0.25) is 0 Å². The van der Waals surface area contributed by atoms with Crippen LogP contribution in [0.25, 0.3) is 0 Å². The lowest BCUT2D eigenvalue weighted by Crippen LogP contribution is -2.41. The molecule has 0 bridgehead atoms. The fraction of sp³-hybridized carbons (Fsp3) is 0.333. The second-order valence-electron chi connectivity index (χ2n) is 12.0. The van der Waals surface area contributed by atoms with Crippen molar-refractivity contribution in [3.05, 3.63) is 106 Å². The SMILES string of the molecule is C.CCOCOCc1cc(Oc2ccc(Cl)cc2)ccc1B1OC(C)(C)C(C)(C)O1.I.OB1OCc2cc(Oc3ccc(Cl)cc3)ccc21. The van der Waals surface area contributed by atoms with Gasteiger partial charge in [0.25, 0.3) is 0 Å². The van der Waals surface area contributed by atoms with E-state index in [1.165, 1.54) is 0 Å². The summed E-state index contributed by atoms with van der Waals surface area (Å²) >= 11 is 11.8. The maximum Gasteiger partial charge on any atom is 0.495 e. The van der Waals surface area contributed by atoms with Gasteiger partial charge in [-0.1, -0.05) is 42.8 Å². The van der Waals surface area contributed by atoms with Crippen LogP contribution in [0.4, 0.5) is 0 Å². The third-order valence-electron chi connectivity index (χ3n) is 8.13. The molecule has 262 valence electrons. The highest BCUT2D eigenvalue weighted by Gasteiger charge is 2.52. The fourth-order valence-electron chi connectivity index (χ4n) is 4.81. The largest absolute Gasteiger partial charge is 0.495 e. The number of fused-ring (bicyclic) bond motifs is 1. The summed E-state index contributed by atoms with van der Waals surface area (Å²) in [6, 6.07) is 25.7. The fourth-order valence-corrected chi connectivity index (χ4v) is 5.06. The van der Waals surface area contributed by atoms with Crippen molar-refractivity contribution in [3.8, 4) is 23.0 Å². The van der Waals surface area contributed by atoms with Crippen LogP contribution in [-0.2, 0) is 36.7 Å². The molecular formula is C36H43B2Cl2IO8. The molecule has 4 aromatic rings. The summed E-state index contributed by atoms with van der Waals surface area (Å²) in [6.07, 6.45) is 0. The topological polar surface area (TPSA) is 84.8 Å². The molecule has 0 atom stereocenters. The van der Waals surface area contributed by atoms with Crippen molar-refractivity contribution in [2.24, 2.45) is 0 Å². The van der Waals surface area contributed by atoms with Gasteiger partial charge in [0.2, 0.25) is 0 Å². The molecule has 0 radical (unpaired) electrons. The van der Waals surface area contributed by atoms with Crippen molar-refractivity contribution in [1.82, 2.24) is 0 Å². The van der Waals surface area contributed by atoms with Gasteiger partial charge in [-0.15, -0.1) is 24.0 Å². The average Bonchev–Trinajstić information content (AvgIpc) is 3.51. The van der Waals surface area contributed by atoms with Crippen molar-refractivity contribution in [2.75, 3.05) is 13.4 Å². The van der Waals surface area contributed by atoms with Gasteiger partial charge in [0.05, 0.1) is 24.4 Å². The van der Waals surface area contributed by atoms with Crippen molar-refractivity contribution < 1.29 is 37.9 Å². The molecule has 2 aliphatic rings. The zero-order chi connectivity index (χ0) is 33.6. The quantitative estimate of drug-likeness (QED) is 0.0738. The molecule has 0 saturated carbocycles. The first-order chi connectivity index (χ1) is 22.4. The van der Waals surface area contributed by atoms with E-state index in [0.29, 0.717) is 47.1 Å². The Kier molecular flexibility index (Phi) is 15.3. The molecule has 1 N–H and O–H groups in total. The molecular weight excluding hydrogens is 780 g/mol. The molecule has 8 nitrogen and oxygen atoms in total. The Morgan fingerprint density at radius 2 is 1.20 bits per heavy atom. The Morgan fingerprint density at radius 3 is 1.73 bits per heavy atom. The van der Waals surface area contributed by atoms with Crippen molar-refractivity contribution >= 4 is 72.3 Å². The summed E-state index contributed by atoms with van der Waals surface area (Å²) in [5, 5.41) is 10.9. The highest BCUT2D eigenvalue weighted by Crippen LogP contribution is 2.37. The lowest BCUT2D eigenvalue weighted by atomic mass is 9.76. The van der Waals surface area contributed by atoms with Crippen LogP contribution in [0.2, 0.25) is 10.0 Å². The molecule has 1 saturated heterocycles. The van der Waals surface area contributed by atoms with Crippen molar-refractivity contribution in [1.29, 1.82) is 0 Å². The number of hydrogen-bond acceptors (Lipinski definition) is 8. The van der Waals surface area contributed by atoms with Crippen LogP contribution in [0.15, 0.2) is 84.9 Å². The minimum absolute atomic E-state index is 0. The van der Waals surface area contributed by atoms with E-state index in [0.717, 1.165) is 27.8 Å². The van der Waals surface area contributed by atoms with E-state index in [2.05, 4.69) is 0 Å². The van der Waals surface area contributed by atoms with E-state index in [-0.39, 0.29) is 38.2 Å². The minimum Gasteiger partial charge on any atom is -0.457 e. The monoisotopic (exact) mass is 822 g/mol. The molecule has 0 spiro atoms. The molecule has 0 amide bonds. The Morgan fingerprint density at radius 1 is 0.714 bits per heavy atom. The number of halogens is 3. The van der Waals surface area contributed by atoms with Gasteiger partial charge in [-0.25, -0.2) is 0 Å². The summed E-state index contributed by atoms with van der Waals surface area (Å²) in [5.41, 5.74) is 2.77. The summed E-state index contributed by atoms with van der Waals surface area (Å²) in [4.78, 5) is 0. The zero-order valence-corrected chi connectivity index (χ0v) is 31.4. The average molecular weight is 823 g/mol. The number of rotatable bonds is 10. The van der Waals surface area contributed by atoms with Crippen LogP contribution in [0, 0.1) is 0 Å². The van der Waals surface area contributed by atoms with Crippen LogP contribution in [0.5, 0.6) is 23.0 Å². The van der Waals surface area contributed by atoms with E-state index in [1.807, 2.05) is 83.1 Å². The summed E-state index contributed by atoms with van der Waals surface area (Å²) in [5.74, 6) is 2.84. The lowest BCUT2D eigenvalue weighted by molar-refractivity contribution is -0.0570. The molecule has 6 rings (SSSR count). The Bertz CT molecular complexity index is 1630. The van der Waals surface area contributed by atoms with Gasteiger partial charge < -0.3 is 37.9 Å². The predicted molar refractivity (Wildman–Crippen MR) is 207 cm³/mol. The normalized spacial score (nSPS) is 15.3. The molecule has 49 heavy (non-hydrogen) atoms. The lowest BCUT2D eigenvalue weighted by Gasteiger charge is -2.32. The van der Waals surface area contributed by atoms with E-state index < -0.39 is 25.4 Å². The first kappa shape index (κ1) is 41.1. The molecule has 13 heteroatoms. The predicted octanol–water partition coefficient (Wildman–Crippen LogP) is 8.55. The van der Waals surface area contributed by atoms with Gasteiger partial charge in [0.15, 0.2) is 0 Å². The molecule has 2 aliphatic heterocycles. The number of benzene rings is 4. The molecule has 0 aliphatic carbocycles. The number of hydrogen-bond donors (Lipinski definition) is 1. The van der Waals surface area contributed by atoms with E-state index >= 15 is 0 Å². The van der Waals surface area contributed by atoms with Gasteiger partial charge in [0.1, 0.15) is 29.8 Å². The standard InChI is InChI=1S/C22H28BClO5.C13H10BClO3.CH4.HI/c1-6-25-15-26-14-16-13-19(27-18-9-7-17(24)8-10-18)11-12-20(16)23-28-21(2,3)22(4,5)29-23;15-10-1-3-11(4-2-10)18-12-5-6-13-9(7-12)8-17-14(13)16;;/h7-13H,6,14-15H2,1-5H3;1-7,16H,8H2;1H4;1H. The van der Waals surface area contributed by atoms with Crippen LogP contribution in [0.3, 0.4) is 0 Å². The maximum absolute atomic E-state index is 9.51. The third-order valence-corrected chi connectivity index (χ3v) is 8.63. The molecule has 2 heterocycles. The molecule has 4 aromatic carbocycles. The number of ether oxygens (including phenoxy) is 4. The Hall–Kier alpha value is -2.32. The maximum atomic E-state index is 9.51. The van der Waals surface area contributed by atoms with E-state index in [9.17, 15) is 5.02 Å². The second kappa shape index (κ2) is 18.3. The Balaban J connectivity index is 0.000000280. The first-order valence-corrected chi connectivity index (χ1v) is 16.1. The summed E-state index contributed by atoms with van der Waals surface area (Å²) < 4.78 is 40.2. The van der Waals surface area contributed by atoms with Gasteiger partial charge in [-0.2, -0.15) is 0 Å². The summed E-state index contributed by atoms with van der Waals surface area (Å²) in [6.45, 7) is 11.7. The molecule has 1 fully saturated rings.